The zero-order valence-electron chi connectivity index (χ0n) is 27.3. The molecule has 1 aromatic heterocycles. The number of ether oxygens (including phenoxy) is 5. The molecule has 1 unspecified atom stereocenters. The van der Waals surface area contributed by atoms with Crippen LogP contribution in [0.1, 0.15) is 55.2 Å². The van der Waals surface area contributed by atoms with Gasteiger partial charge in [-0.05, 0) is 55.5 Å². The van der Waals surface area contributed by atoms with Crippen LogP contribution < -0.4 is 14.9 Å². The molecular formula is C34H43NO10S. The Bertz CT molecular complexity index is 1670. The molecule has 0 spiro atoms. The van der Waals surface area contributed by atoms with E-state index >= 15 is 0 Å². The lowest BCUT2D eigenvalue weighted by Gasteiger charge is -2.39. The van der Waals surface area contributed by atoms with E-state index < -0.39 is 21.5 Å². The van der Waals surface area contributed by atoms with Crippen LogP contribution in [0.5, 0.6) is 11.5 Å². The molecule has 0 aliphatic carbocycles. The Hall–Kier alpha value is -3.71. The summed E-state index contributed by atoms with van der Waals surface area (Å²) in [5.41, 5.74) is 2.92. The van der Waals surface area contributed by atoms with Gasteiger partial charge >= 0.3 is 5.97 Å². The molecule has 12 heteroatoms. The molecule has 2 aromatic carbocycles. The van der Waals surface area contributed by atoms with Gasteiger partial charge in [0.2, 0.25) is 0 Å². The highest BCUT2D eigenvalue weighted by Crippen LogP contribution is 2.45. The summed E-state index contributed by atoms with van der Waals surface area (Å²) in [7, 11) is -2.27. The van der Waals surface area contributed by atoms with E-state index in [0.717, 1.165) is 16.7 Å². The van der Waals surface area contributed by atoms with Gasteiger partial charge in [-0.3, -0.25) is 8.98 Å². The summed E-state index contributed by atoms with van der Waals surface area (Å²) in [5.74, 6) is 0.430. The van der Waals surface area contributed by atoms with Crippen molar-refractivity contribution in [3.05, 3.63) is 75.6 Å². The summed E-state index contributed by atoms with van der Waals surface area (Å²) in [6.45, 7) is 11.3. The number of rotatable bonds is 15. The number of aromatic nitrogens is 1. The SMILES string of the molecule is CCOC(=O)c1cn2c(cc1=O)-c1cc(OC)c(OCCOCCOCCOS(=O)(=O)c3ccc(C)cc3)cc1CC2C(C)(C)C. The molecule has 0 fully saturated rings. The van der Waals surface area contributed by atoms with Gasteiger partial charge in [0, 0.05) is 23.9 Å². The lowest BCUT2D eigenvalue weighted by molar-refractivity contribution is 0.0277. The molecule has 1 aliphatic rings. The molecule has 4 rings (SSSR count). The van der Waals surface area contributed by atoms with Gasteiger partial charge in [-0.15, -0.1) is 0 Å². The van der Waals surface area contributed by atoms with Crippen molar-refractivity contribution in [1.29, 1.82) is 0 Å². The first-order valence-electron chi connectivity index (χ1n) is 15.2. The molecule has 0 bridgehead atoms. The van der Waals surface area contributed by atoms with Gasteiger partial charge in [0.05, 0.1) is 57.3 Å². The minimum absolute atomic E-state index is 0.0139. The number of esters is 1. The number of aryl methyl sites for hydroxylation is 1. The van der Waals surface area contributed by atoms with Crippen molar-refractivity contribution in [1.82, 2.24) is 4.57 Å². The zero-order chi connectivity index (χ0) is 33.5. The van der Waals surface area contributed by atoms with E-state index in [9.17, 15) is 18.0 Å². The average Bonchev–Trinajstić information content (AvgIpc) is 3.00. The second-order valence-corrected chi connectivity index (χ2v) is 13.6. The van der Waals surface area contributed by atoms with Crippen LogP contribution in [0.15, 0.2) is 58.4 Å². The first-order chi connectivity index (χ1) is 21.9. The number of methoxy groups -OCH3 is 1. The number of nitrogens with zero attached hydrogens (tertiary/aromatic N) is 1. The average molecular weight is 658 g/mol. The van der Waals surface area contributed by atoms with Crippen LogP contribution in [-0.2, 0) is 34.9 Å². The predicted octanol–water partition coefficient (Wildman–Crippen LogP) is 4.97. The minimum Gasteiger partial charge on any atom is -0.493 e. The van der Waals surface area contributed by atoms with Crippen molar-refractivity contribution in [2.45, 2.75) is 52.0 Å². The highest BCUT2D eigenvalue weighted by molar-refractivity contribution is 7.86. The second kappa shape index (κ2) is 15.3. The largest absolute Gasteiger partial charge is 0.493 e. The molecule has 1 aliphatic heterocycles. The van der Waals surface area contributed by atoms with Crippen molar-refractivity contribution in [3.63, 3.8) is 0 Å². The molecule has 0 N–H and O–H groups in total. The molecule has 3 aromatic rings. The number of fused-ring (bicyclic) bond motifs is 3. The number of hydrogen-bond donors (Lipinski definition) is 0. The van der Waals surface area contributed by atoms with Crippen molar-refractivity contribution >= 4 is 16.1 Å². The number of hydrogen-bond acceptors (Lipinski definition) is 10. The molecule has 0 saturated carbocycles. The predicted molar refractivity (Wildman–Crippen MR) is 172 cm³/mol. The van der Waals surface area contributed by atoms with E-state index in [0.29, 0.717) is 36.8 Å². The van der Waals surface area contributed by atoms with Crippen LogP contribution in [0.25, 0.3) is 11.3 Å². The normalized spacial score (nSPS) is 14.3. The van der Waals surface area contributed by atoms with Gasteiger partial charge in [0.1, 0.15) is 12.2 Å². The third-order valence-electron chi connectivity index (χ3n) is 7.62. The molecular weight excluding hydrogens is 614 g/mol. The summed E-state index contributed by atoms with van der Waals surface area (Å²) in [5, 5.41) is 0. The molecule has 250 valence electrons. The fourth-order valence-corrected chi connectivity index (χ4v) is 6.10. The molecule has 46 heavy (non-hydrogen) atoms. The Morgan fingerprint density at radius 2 is 1.59 bits per heavy atom. The maximum absolute atomic E-state index is 13.0. The van der Waals surface area contributed by atoms with Crippen molar-refractivity contribution in [3.8, 4) is 22.8 Å². The van der Waals surface area contributed by atoms with Crippen molar-refractivity contribution in [2.24, 2.45) is 5.41 Å². The van der Waals surface area contributed by atoms with Crippen molar-refractivity contribution in [2.75, 3.05) is 53.4 Å². The van der Waals surface area contributed by atoms with Crippen LogP contribution in [-0.4, -0.2) is 72.3 Å². The standard InChI is InChI=1S/C34H43NO10S/c1-7-43-33(37)27-22-35-28(21-29(27)36)26-20-30(40-6)31(18-24(26)19-32(35)34(3,4)5)44-16-14-41-12-13-42-15-17-45-46(38,39)25-10-8-23(2)9-11-25/h8-11,18,20-22,32H,7,12-17,19H2,1-6H3. The summed E-state index contributed by atoms with van der Waals surface area (Å²) < 4.78 is 59.3. The summed E-state index contributed by atoms with van der Waals surface area (Å²) in [6, 6.07) is 11.7. The van der Waals surface area contributed by atoms with Crippen LogP contribution in [0, 0.1) is 12.3 Å². The molecule has 2 heterocycles. The quantitative estimate of drug-likeness (QED) is 0.126. The van der Waals surface area contributed by atoms with Crippen LogP contribution in [0.3, 0.4) is 0 Å². The van der Waals surface area contributed by atoms with Gasteiger partial charge in [0.25, 0.3) is 10.1 Å². The highest BCUT2D eigenvalue weighted by Gasteiger charge is 2.34. The second-order valence-electron chi connectivity index (χ2n) is 12.0. The molecule has 1 atom stereocenters. The molecule has 0 amide bonds. The Labute approximate surface area is 270 Å². The number of benzene rings is 2. The Morgan fingerprint density at radius 3 is 2.22 bits per heavy atom. The molecule has 11 nitrogen and oxygen atoms in total. The number of carbonyl (C=O) groups excluding carboxylic acids is 1. The highest BCUT2D eigenvalue weighted by atomic mass is 32.2. The molecule has 0 saturated heterocycles. The zero-order valence-corrected chi connectivity index (χ0v) is 28.1. The Morgan fingerprint density at radius 1 is 0.935 bits per heavy atom. The maximum Gasteiger partial charge on any atom is 0.343 e. The van der Waals surface area contributed by atoms with Gasteiger partial charge < -0.3 is 28.3 Å². The monoisotopic (exact) mass is 657 g/mol. The maximum atomic E-state index is 13.0. The third kappa shape index (κ3) is 8.55. The fourth-order valence-electron chi connectivity index (χ4n) is 5.21. The van der Waals surface area contributed by atoms with Crippen LogP contribution in [0.2, 0.25) is 0 Å². The smallest absolute Gasteiger partial charge is 0.343 e. The van der Waals surface area contributed by atoms with Gasteiger partial charge in [0.15, 0.2) is 16.9 Å². The number of pyridine rings is 1. The lowest BCUT2D eigenvalue weighted by atomic mass is 9.78. The Kier molecular flexibility index (Phi) is 11.7. The summed E-state index contributed by atoms with van der Waals surface area (Å²) in [4.78, 5) is 25.6. The summed E-state index contributed by atoms with van der Waals surface area (Å²) >= 11 is 0. The fraction of sp³-hybridized carbons (Fsp3) is 0.471. The van der Waals surface area contributed by atoms with Gasteiger partial charge in [-0.25, -0.2) is 4.79 Å². The van der Waals surface area contributed by atoms with Crippen LogP contribution in [0.4, 0.5) is 0 Å². The van der Waals surface area contributed by atoms with E-state index in [1.807, 2.05) is 23.6 Å². The van der Waals surface area contributed by atoms with E-state index in [1.165, 1.54) is 18.2 Å². The van der Waals surface area contributed by atoms with E-state index in [2.05, 4.69) is 20.8 Å². The van der Waals surface area contributed by atoms with Crippen LogP contribution >= 0.6 is 0 Å². The van der Waals surface area contributed by atoms with E-state index in [4.69, 9.17) is 27.9 Å². The molecule has 0 radical (unpaired) electrons. The number of carbonyl (C=O) groups is 1. The first kappa shape index (κ1) is 35.1. The third-order valence-corrected chi connectivity index (χ3v) is 8.95. The topological polar surface area (TPSA) is 129 Å². The minimum atomic E-state index is -3.82. The Balaban J connectivity index is 1.32. The lowest BCUT2D eigenvalue weighted by Crippen LogP contribution is -2.33. The summed E-state index contributed by atoms with van der Waals surface area (Å²) in [6.07, 6.45) is 2.27. The van der Waals surface area contributed by atoms with Gasteiger partial charge in [-0.1, -0.05) is 38.5 Å². The van der Waals surface area contributed by atoms with E-state index in [-0.39, 0.29) is 55.0 Å². The van der Waals surface area contributed by atoms with E-state index in [1.54, 1.807) is 32.4 Å². The van der Waals surface area contributed by atoms with Crippen molar-refractivity contribution < 1.29 is 41.1 Å². The first-order valence-corrected chi connectivity index (χ1v) is 16.7. The van der Waals surface area contributed by atoms with Gasteiger partial charge in [-0.2, -0.15) is 8.42 Å².